The third kappa shape index (κ3) is 2.66. The van der Waals surface area contributed by atoms with Gasteiger partial charge in [-0.25, -0.2) is 4.39 Å². The maximum Gasteiger partial charge on any atom is 0.200 e. The molecular formula is C13H11ClFNO3. The molecule has 2 aromatic carbocycles. The van der Waals surface area contributed by atoms with E-state index >= 15 is 0 Å². The van der Waals surface area contributed by atoms with E-state index in [1.807, 2.05) is 0 Å². The summed E-state index contributed by atoms with van der Waals surface area (Å²) in [5.74, 6) is -2.01. The Hall–Kier alpha value is -2.14. The van der Waals surface area contributed by atoms with Crippen molar-refractivity contribution < 1.29 is 19.7 Å². The average molecular weight is 284 g/mol. The first kappa shape index (κ1) is 13.3. The van der Waals surface area contributed by atoms with Crippen LogP contribution in [0, 0.1) is 5.82 Å². The van der Waals surface area contributed by atoms with Crippen LogP contribution >= 0.6 is 11.6 Å². The molecule has 0 amide bonds. The van der Waals surface area contributed by atoms with Crippen LogP contribution in [0.15, 0.2) is 30.3 Å². The summed E-state index contributed by atoms with van der Waals surface area (Å²) in [6.07, 6.45) is 0. The molecule has 0 saturated carbocycles. The summed E-state index contributed by atoms with van der Waals surface area (Å²) >= 11 is 5.84. The number of nitrogens with one attached hydrogen (secondary N) is 1. The Bertz CT molecular complexity index is 599. The molecule has 4 nitrogen and oxygen atoms in total. The second kappa shape index (κ2) is 5.24. The zero-order chi connectivity index (χ0) is 14.0. The number of anilines is 1. The monoisotopic (exact) mass is 283 g/mol. The molecule has 0 fully saturated rings. The molecule has 4 N–H and O–H groups in total. The smallest absolute Gasteiger partial charge is 0.200 e. The first-order valence-corrected chi connectivity index (χ1v) is 5.79. The van der Waals surface area contributed by atoms with Gasteiger partial charge in [-0.3, -0.25) is 0 Å². The number of aromatic hydroxyl groups is 3. The number of rotatable bonds is 3. The lowest BCUT2D eigenvalue weighted by Crippen LogP contribution is -2.02. The molecule has 100 valence electrons. The van der Waals surface area contributed by atoms with Crippen LogP contribution in [-0.2, 0) is 6.54 Å². The van der Waals surface area contributed by atoms with E-state index < -0.39 is 23.1 Å². The van der Waals surface area contributed by atoms with Crippen molar-refractivity contribution in [3.63, 3.8) is 0 Å². The summed E-state index contributed by atoms with van der Waals surface area (Å²) in [6, 6.07) is 6.90. The van der Waals surface area contributed by atoms with Crippen molar-refractivity contribution in [2.75, 3.05) is 5.32 Å². The van der Waals surface area contributed by atoms with Crippen molar-refractivity contribution in [2.24, 2.45) is 0 Å². The number of para-hydroxylation sites is 1. The predicted molar refractivity (Wildman–Crippen MR) is 70.2 cm³/mol. The highest BCUT2D eigenvalue weighted by Gasteiger charge is 2.12. The summed E-state index contributed by atoms with van der Waals surface area (Å²) in [4.78, 5) is 0. The quantitative estimate of drug-likeness (QED) is 0.653. The van der Waals surface area contributed by atoms with Crippen molar-refractivity contribution in [1.29, 1.82) is 0 Å². The van der Waals surface area contributed by atoms with Gasteiger partial charge in [0, 0.05) is 12.1 Å². The number of hydrogen-bond donors (Lipinski definition) is 4. The van der Waals surface area contributed by atoms with Gasteiger partial charge in [-0.1, -0.05) is 17.7 Å². The van der Waals surface area contributed by atoms with Gasteiger partial charge < -0.3 is 20.6 Å². The first-order valence-electron chi connectivity index (χ1n) is 5.41. The van der Waals surface area contributed by atoms with Crippen LogP contribution in [0.5, 0.6) is 17.2 Å². The van der Waals surface area contributed by atoms with E-state index in [0.29, 0.717) is 5.56 Å². The van der Waals surface area contributed by atoms with E-state index in [1.54, 1.807) is 0 Å². The third-order valence-electron chi connectivity index (χ3n) is 2.63. The molecule has 0 bridgehead atoms. The number of halogens is 2. The van der Waals surface area contributed by atoms with Crippen LogP contribution in [0.4, 0.5) is 10.1 Å². The van der Waals surface area contributed by atoms with E-state index in [-0.39, 0.29) is 17.3 Å². The van der Waals surface area contributed by atoms with Crippen LogP contribution in [0.3, 0.4) is 0 Å². The maximum absolute atomic E-state index is 13.5. The molecule has 19 heavy (non-hydrogen) atoms. The van der Waals surface area contributed by atoms with Gasteiger partial charge >= 0.3 is 0 Å². The lowest BCUT2D eigenvalue weighted by Gasteiger charge is -2.11. The fraction of sp³-hybridized carbons (Fsp3) is 0.0769. The number of benzene rings is 2. The summed E-state index contributed by atoms with van der Waals surface area (Å²) in [6.45, 7) is 0.0420. The summed E-state index contributed by atoms with van der Waals surface area (Å²) < 4.78 is 13.5. The standard InChI is InChI=1S/C13H11ClFNO3/c14-8-2-1-3-9(15)11(8)16-6-7-4-5-10(17)13(19)12(7)18/h1-5,16-19H,6H2. The van der Waals surface area contributed by atoms with E-state index in [1.165, 1.54) is 30.3 Å². The van der Waals surface area contributed by atoms with Gasteiger partial charge in [0.1, 0.15) is 5.82 Å². The molecule has 0 radical (unpaired) electrons. The minimum Gasteiger partial charge on any atom is -0.504 e. The Labute approximate surface area is 113 Å². The van der Waals surface area contributed by atoms with Gasteiger partial charge in [0.05, 0.1) is 10.7 Å². The van der Waals surface area contributed by atoms with Crippen molar-refractivity contribution >= 4 is 17.3 Å². The van der Waals surface area contributed by atoms with E-state index in [2.05, 4.69) is 5.32 Å². The normalized spacial score (nSPS) is 10.4. The molecule has 2 aromatic rings. The maximum atomic E-state index is 13.5. The summed E-state index contributed by atoms with van der Waals surface area (Å²) in [5, 5.41) is 31.1. The van der Waals surface area contributed by atoms with Gasteiger partial charge in [-0.2, -0.15) is 0 Å². The number of phenols is 3. The fourth-order valence-electron chi connectivity index (χ4n) is 1.60. The number of hydrogen-bond acceptors (Lipinski definition) is 4. The van der Waals surface area contributed by atoms with E-state index in [9.17, 15) is 19.7 Å². The first-order chi connectivity index (χ1) is 9.00. The molecule has 0 unspecified atom stereocenters. The Balaban J connectivity index is 2.22. The molecule has 0 aliphatic carbocycles. The third-order valence-corrected chi connectivity index (χ3v) is 2.95. The van der Waals surface area contributed by atoms with Crippen molar-refractivity contribution in [3.05, 3.63) is 46.7 Å². The highest BCUT2D eigenvalue weighted by atomic mass is 35.5. The van der Waals surface area contributed by atoms with Crippen LogP contribution in [-0.4, -0.2) is 15.3 Å². The second-order valence-corrected chi connectivity index (χ2v) is 4.30. The van der Waals surface area contributed by atoms with Crippen LogP contribution in [0.2, 0.25) is 5.02 Å². The summed E-state index contributed by atoms with van der Waals surface area (Å²) in [7, 11) is 0. The molecule has 0 aliphatic heterocycles. The Morgan fingerprint density at radius 2 is 1.79 bits per heavy atom. The molecule has 0 aromatic heterocycles. The van der Waals surface area contributed by atoms with E-state index in [0.717, 1.165) is 0 Å². The van der Waals surface area contributed by atoms with E-state index in [4.69, 9.17) is 11.6 Å². The topological polar surface area (TPSA) is 72.7 Å². The Morgan fingerprint density at radius 3 is 2.47 bits per heavy atom. The predicted octanol–water partition coefficient (Wildman–Crippen LogP) is 3.21. The van der Waals surface area contributed by atoms with Crippen LogP contribution in [0.25, 0.3) is 0 Å². The molecule has 0 heterocycles. The second-order valence-electron chi connectivity index (χ2n) is 3.89. The largest absolute Gasteiger partial charge is 0.504 e. The molecule has 0 aliphatic rings. The molecule has 2 rings (SSSR count). The minimum atomic E-state index is -0.612. The van der Waals surface area contributed by atoms with Crippen molar-refractivity contribution in [3.8, 4) is 17.2 Å². The van der Waals surface area contributed by atoms with Crippen LogP contribution < -0.4 is 5.32 Å². The Kier molecular flexibility index (Phi) is 3.66. The lowest BCUT2D eigenvalue weighted by atomic mass is 10.1. The zero-order valence-corrected chi connectivity index (χ0v) is 10.4. The Morgan fingerprint density at radius 1 is 1.05 bits per heavy atom. The molecular weight excluding hydrogens is 273 g/mol. The van der Waals surface area contributed by atoms with Gasteiger partial charge in [0.15, 0.2) is 11.5 Å². The molecule has 0 spiro atoms. The van der Waals surface area contributed by atoms with Crippen LogP contribution in [0.1, 0.15) is 5.56 Å². The van der Waals surface area contributed by atoms with Gasteiger partial charge in [-0.15, -0.1) is 0 Å². The van der Waals surface area contributed by atoms with Crippen molar-refractivity contribution in [1.82, 2.24) is 0 Å². The lowest BCUT2D eigenvalue weighted by molar-refractivity contribution is 0.365. The van der Waals surface area contributed by atoms with Gasteiger partial charge in [0.25, 0.3) is 0 Å². The molecule has 0 atom stereocenters. The number of phenolic OH excluding ortho intramolecular Hbond substituents is 3. The van der Waals surface area contributed by atoms with Gasteiger partial charge in [0.2, 0.25) is 5.75 Å². The molecule has 6 heteroatoms. The highest BCUT2D eigenvalue weighted by Crippen LogP contribution is 2.37. The highest BCUT2D eigenvalue weighted by molar-refractivity contribution is 6.33. The van der Waals surface area contributed by atoms with Gasteiger partial charge in [-0.05, 0) is 24.3 Å². The summed E-state index contributed by atoms with van der Waals surface area (Å²) in [5.41, 5.74) is 0.408. The zero-order valence-electron chi connectivity index (χ0n) is 9.69. The average Bonchev–Trinajstić information content (AvgIpc) is 2.38. The molecule has 0 saturated heterocycles. The fourth-order valence-corrected chi connectivity index (χ4v) is 1.83. The van der Waals surface area contributed by atoms with Crippen molar-refractivity contribution in [2.45, 2.75) is 6.54 Å². The SMILES string of the molecule is Oc1ccc(CNc2c(F)cccc2Cl)c(O)c1O. The minimum absolute atomic E-state index is 0.0420.